The Hall–Kier alpha value is -2.78. The van der Waals surface area contributed by atoms with Gasteiger partial charge in [-0.2, -0.15) is 5.26 Å². The number of rotatable bonds is 10. The largest absolute Gasteiger partial charge is 0.481 e. The maximum absolute atomic E-state index is 12.3. The van der Waals surface area contributed by atoms with Gasteiger partial charge in [-0.15, -0.1) is 11.8 Å². The van der Waals surface area contributed by atoms with Crippen LogP contribution in [0.15, 0.2) is 54.6 Å². The van der Waals surface area contributed by atoms with Gasteiger partial charge in [0.05, 0.1) is 17.4 Å². The Morgan fingerprint density at radius 2 is 1.78 bits per heavy atom. The van der Waals surface area contributed by atoms with Crippen LogP contribution in [0.2, 0.25) is 0 Å². The van der Waals surface area contributed by atoms with E-state index in [1.165, 1.54) is 11.8 Å². The summed E-state index contributed by atoms with van der Waals surface area (Å²) >= 11 is 1.49. The highest BCUT2D eigenvalue weighted by atomic mass is 32.2. The van der Waals surface area contributed by atoms with Crippen molar-refractivity contribution in [2.45, 2.75) is 31.1 Å². The molecule has 2 aromatic rings. The maximum atomic E-state index is 12.3. The molecular formula is C21H22N2O3S. The van der Waals surface area contributed by atoms with E-state index in [9.17, 15) is 9.59 Å². The molecule has 2 N–H and O–H groups in total. The van der Waals surface area contributed by atoms with E-state index in [4.69, 9.17) is 10.4 Å². The number of aliphatic carboxylic acids is 1. The second-order valence-corrected chi connectivity index (χ2v) is 7.17. The minimum Gasteiger partial charge on any atom is -0.481 e. The fraction of sp³-hybridized carbons (Fsp3) is 0.286. The van der Waals surface area contributed by atoms with Gasteiger partial charge in [0.15, 0.2) is 0 Å². The lowest BCUT2D eigenvalue weighted by molar-refractivity contribution is -0.137. The summed E-state index contributed by atoms with van der Waals surface area (Å²) in [5.41, 5.74) is 2.74. The Bertz CT molecular complexity index is 785. The molecule has 0 spiro atoms. The molecule has 0 aliphatic heterocycles. The molecule has 0 aromatic heterocycles. The number of nitrogens with one attached hydrogen (secondary N) is 1. The van der Waals surface area contributed by atoms with Crippen molar-refractivity contribution in [3.63, 3.8) is 0 Å². The Balaban J connectivity index is 1.82. The lowest BCUT2D eigenvalue weighted by Gasteiger charge is -2.18. The van der Waals surface area contributed by atoms with E-state index >= 15 is 0 Å². The number of hydrogen-bond acceptors (Lipinski definition) is 4. The molecule has 5 nitrogen and oxygen atoms in total. The summed E-state index contributed by atoms with van der Waals surface area (Å²) in [6.07, 6.45) is 1.03. The van der Waals surface area contributed by atoms with Crippen molar-refractivity contribution in [1.82, 2.24) is 5.32 Å². The summed E-state index contributed by atoms with van der Waals surface area (Å²) in [6, 6.07) is 18.9. The van der Waals surface area contributed by atoms with E-state index in [0.29, 0.717) is 29.9 Å². The van der Waals surface area contributed by atoms with Crippen LogP contribution in [-0.4, -0.2) is 28.8 Å². The zero-order chi connectivity index (χ0) is 19.5. The van der Waals surface area contributed by atoms with Crippen LogP contribution in [0.25, 0.3) is 0 Å². The van der Waals surface area contributed by atoms with Crippen molar-refractivity contribution >= 4 is 23.6 Å². The van der Waals surface area contributed by atoms with Crippen LogP contribution in [0, 0.1) is 11.3 Å². The number of thioether (sulfide) groups is 1. The summed E-state index contributed by atoms with van der Waals surface area (Å²) in [7, 11) is 0. The van der Waals surface area contributed by atoms with E-state index < -0.39 is 5.97 Å². The Kier molecular flexibility index (Phi) is 8.40. The normalized spacial score (nSPS) is 11.4. The van der Waals surface area contributed by atoms with Gasteiger partial charge in [-0.05, 0) is 36.1 Å². The van der Waals surface area contributed by atoms with Gasteiger partial charge < -0.3 is 10.4 Å². The molecule has 0 radical (unpaired) electrons. The van der Waals surface area contributed by atoms with Crippen molar-refractivity contribution in [3.05, 3.63) is 71.3 Å². The first-order valence-corrected chi connectivity index (χ1v) is 9.84. The molecule has 0 saturated heterocycles. The van der Waals surface area contributed by atoms with E-state index in [2.05, 4.69) is 11.4 Å². The van der Waals surface area contributed by atoms with Crippen LogP contribution in [0.3, 0.4) is 0 Å². The first kappa shape index (κ1) is 20.5. The number of carboxylic acids is 1. The van der Waals surface area contributed by atoms with Gasteiger partial charge in [-0.25, -0.2) is 0 Å². The Labute approximate surface area is 163 Å². The van der Waals surface area contributed by atoms with Crippen molar-refractivity contribution in [2.24, 2.45) is 0 Å². The van der Waals surface area contributed by atoms with Gasteiger partial charge in [-0.3, -0.25) is 9.59 Å². The van der Waals surface area contributed by atoms with Crippen LogP contribution in [0.4, 0.5) is 0 Å². The molecule has 2 aromatic carbocycles. The van der Waals surface area contributed by atoms with Crippen molar-refractivity contribution in [3.8, 4) is 6.07 Å². The highest BCUT2D eigenvalue weighted by molar-refractivity contribution is 7.99. The van der Waals surface area contributed by atoms with Gasteiger partial charge in [0.2, 0.25) is 5.91 Å². The van der Waals surface area contributed by atoms with E-state index in [1.807, 2.05) is 42.5 Å². The lowest BCUT2D eigenvalue weighted by atomic mass is 10.0. The number of carbonyl (C=O) groups excluding carboxylic acids is 1. The second kappa shape index (κ2) is 11.0. The molecule has 1 unspecified atom stereocenters. The van der Waals surface area contributed by atoms with Gasteiger partial charge in [0.1, 0.15) is 0 Å². The van der Waals surface area contributed by atoms with Gasteiger partial charge >= 0.3 is 5.97 Å². The molecule has 27 heavy (non-hydrogen) atoms. The van der Waals surface area contributed by atoms with Gasteiger partial charge in [0.25, 0.3) is 0 Å². The summed E-state index contributed by atoms with van der Waals surface area (Å²) in [5, 5.41) is 20.7. The quantitative estimate of drug-likeness (QED) is 0.657. The highest BCUT2D eigenvalue weighted by Gasteiger charge is 2.15. The fourth-order valence-electron chi connectivity index (χ4n) is 2.63. The number of nitriles is 1. The van der Waals surface area contributed by atoms with E-state index in [0.717, 1.165) is 11.1 Å². The third kappa shape index (κ3) is 7.97. The van der Waals surface area contributed by atoms with Crippen LogP contribution in [0.1, 0.15) is 29.5 Å². The second-order valence-electron chi connectivity index (χ2n) is 6.19. The fourth-order valence-corrected chi connectivity index (χ4v) is 3.43. The third-order valence-electron chi connectivity index (χ3n) is 3.98. The lowest BCUT2D eigenvalue weighted by Crippen LogP contribution is -2.38. The smallest absolute Gasteiger partial charge is 0.303 e. The molecule has 0 heterocycles. The minimum absolute atomic E-state index is 0.0240. The van der Waals surface area contributed by atoms with E-state index in [-0.39, 0.29) is 18.4 Å². The molecule has 0 aliphatic carbocycles. The zero-order valence-corrected chi connectivity index (χ0v) is 15.7. The molecule has 0 bridgehead atoms. The van der Waals surface area contributed by atoms with Gasteiger partial charge in [-0.1, -0.05) is 42.5 Å². The predicted molar refractivity (Wildman–Crippen MR) is 106 cm³/mol. The summed E-state index contributed by atoms with van der Waals surface area (Å²) < 4.78 is 0. The number of amides is 1. The maximum Gasteiger partial charge on any atom is 0.303 e. The van der Waals surface area contributed by atoms with Crippen molar-refractivity contribution in [2.75, 3.05) is 5.75 Å². The standard InChI is InChI=1S/C21H22N2O3S/c22-13-17-6-8-18(9-7-17)14-27-15-20(24)23-19(10-11-21(25)26)12-16-4-2-1-3-5-16/h1-9,19H,10-12,14-15H2,(H,23,24)(H,25,26). The first-order valence-electron chi connectivity index (χ1n) is 8.68. The Morgan fingerprint density at radius 3 is 2.41 bits per heavy atom. The molecule has 6 heteroatoms. The highest BCUT2D eigenvalue weighted by Crippen LogP contribution is 2.14. The first-order chi connectivity index (χ1) is 13.1. The van der Waals surface area contributed by atoms with Gasteiger partial charge in [0, 0.05) is 18.2 Å². The summed E-state index contributed by atoms with van der Waals surface area (Å²) in [4.78, 5) is 23.1. The molecule has 1 amide bonds. The number of carbonyl (C=O) groups is 2. The third-order valence-corrected chi connectivity index (χ3v) is 4.99. The molecule has 0 saturated carbocycles. The predicted octanol–water partition coefficient (Wildman–Crippen LogP) is 3.38. The minimum atomic E-state index is -0.863. The number of nitrogens with zero attached hydrogens (tertiary/aromatic N) is 1. The van der Waals surface area contributed by atoms with Crippen molar-refractivity contribution in [1.29, 1.82) is 5.26 Å². The summed E-state index contributed by atoms with van der Waals surface area (Å²) in [5.74, 6) is 0.0214. The van der Waals surface area contributed by atoms with Crippen LogP contribution in [-0.2, 0) is 21.8 Å². The zero-order valence-electron chi connectivity index (χ0n) is 14.9. The van der Waals surface area contributed by atoms with Crippen LogP contribution < -0.4 is 5.32 Å². The number of carboxylic acid groups (broad SMARTS) is 1. The number of hydrogen-bond donors (Lipinski definition) is 2. The molecule has 1 atom stereocenters. The molecule has 0 fully saturated rings. The SMILES string of the molecule is N#Cc1ccc(CSCC(=O)NC(CCC(=O)O)Cc2ccccc2)cc1. The van der Waals surface area contributed by atoms with Crippen LogP contribution >= 0.6 is 11.8 Å². The number of benzene rings is 2. The van der Waals surface area contributed by atoms with Crippen molar-refractivity contribution < 1.29 is 14.7 Å². The molecule has 0 aliphatic rings. The summed E-state index contributed by atoms with van der Waals surface area (Å²) in [6.45, 7) is 0. The molecule has 140 valence electrons. The monoisotopic (exact) mass is 382 g/mol. The van der Waals surface area contributed by atoms with Crippen LogP contribution in [0.5, 0.6) is 0 Å². The Morgan fingerprint density at radius 1 is 1.07 bits per heavy atom. The average molecular weight is 382 g/mol. The molecular weight excluding hydrogens is 360 g/mol. The average Bonchev–Trinajstić information content (AvgIpc) is 2.67. The molecule has 2 rings (SSSR count). The van der Waals surface area contributed by atoms with E-state index in [1.54, 1.807) is 12.1 Å². The topological polar surface area (TPSA) is 90.2 Å².